The summed E-state index contributed by atoms with van der Waals surface area (Å²) in [4.78, 5) is 28.4. The molecule has 2 amide bonds. The maximum absolute atomic E-state index is 15.0. The summed E-state index contributed by atoms with van der Waals surface area (Å²) in [5.74, 6) is -0.288. The number of hydrogen-bond donors (Lipinski definition) is 1. The minimum atomic E-state index is -1.19. The van der Waals surface area contributed by atoms with Gasteiger partial charge in [0.2, 0.25) is 5.91 Å². The average molecular weight is 514 g/mol. The predicted octanol–water partition coefficient (Wildman–Crippen LogP) is 4.81. The second-order valence-electron chi connectivity index (χ2n) is 10.9. The Morgan fingerprint density at radius 1 is 1.03 bits per heavy atom. The zero-order chi connectivity index (χ0) is 26.6. The van der Waals surface area contributed by atoms with E-state index >= 15 is 0 Å². The highest BCUT2D eigenvalue weighted by atomic mass is 19.1. The molecule has 2 aromatic rings. The van der Waals surface area contributed by atoms with Gasteiger partial charge in [-0.25, -0.2) is 8.78 Å². The number of nitrogens with zero attached hydrogens (tertiary/aromatic N) is 2. The lowest BCUT2D eigenvalue weighted by molar-refractivity contribution is -0.123. The molecule has 2 saturated heterocycles. The highest BCUT2D eigenvalue weighted by Gasteiger charge is 2.31. The van der Waals surface area contributed by atoms with Crippen LogP contribution in [0.5, 0.6) is 5.75 Å². The molecular weight excluding hydrogens is 476 g/mol. The monoisotopic (exact) mass is 513 g/mol. The standard InChI is InChI=1S/C29H37F2N3O3/c1-29(2,31)19-33-15-12-20(13-16-33)18-37-23-10-11-24(25(30)17-23)21-6-8-22(9-7-21)28(36)34-14-4-3-5-26(34)27(32)35/h6-11,17,20,26H,3-5,12-16,18-19H2,1-2H3,(H2,32,35)/t26-/m1/s1. The number of hydrogen-bond acceptors (Lipinski definition) is 4. The number of alkyl halides is 1. The Labute approximate surface area is 217 Å². The van der Waals surface area contributed by atoms with Gasteiger partial charge in [0.05, 0.1) is 6.61 Å². The van der Waals surface area contributed by atoms with E-state index in [0.29, 0.717) is 54.5 Å². The first kappa shape index (κ1) is 27.0. The Kier molecular flexibility index (Phi) is 8.47. The predicted molar refractivity (Wildman–Crippen MR) is 140 cm³/mol. The lowest BCUT2D eigenvalue weighted by Crippen LogP contribution is -2.50. The average Bonchev–Trinajstić information content (AvgIpc) is 2.87. The largest absolute Gasteiger partial charge is 0.493 e. The van der Waals surface area contributed by atoms with Crippen molar-refractivity contribution in [2.24, 2.45) is 11.7 Å². The van der Waals surface area contributed by atoms with Crippen LogP contribution in [0.25, 0.3) is 11.1 Å². The number of carbonyl (C=O) groups excluding carboxylic acids is 2. The van der Waals surface area contributed by atoms with E-state index in [0.717, 1.165) is 38.8 Å². The van der Waals surface area contributed by atoms with Gasteiger partial charge in [-0.3, -0.25) is 9.59 Å². The molecule has 2 aliphatic rings. The van der Waals surface area contributed by atoms with Crippen molar-refractivity contribution in [2.45, 2.75) is 57.7 Å². The summed E-state index contributed by atoms with van der Waals surface area (Å²) >= 11 is 0. The van der Waals surface area contributed by atoms with Crippen LogP contribution in [0, 0.1) is 11.7 Å². The number of benzene rings is 2. The smallest absolute Gasteiger partial charge is 0.254 e. The van der Waals surface area contributed by atoms with Crippen LogP contribution in [0.2, 0.25) is 0 Å². The van der Waals surface area contributed by atoms with Gasteiger partial charge in [0.25, 0.3) is 5.91 Å². The van der Waals surface area contributed by atoms with Gasteiger partial charge in [0.1, 0.15) is 23.3 Å². The van der Waals surface area contributed by atoms with Crippen molar-refractivity contribution < 1.29 is 23.1 Å². The number of piperidine rings is 2. The Balaban J connectivity index is 1.33. The fraction of sp³-hybridized carbons (Fsp3) is 0.517. The molecule has 0 saturated carbocycles. The second kappa shape index (κ2) is 11.6. The van der Waals surface area contributed by atoms with Crippen molar-refractivity contribution in [1.29, 1.82) is 0 Å². The molecule has 0 unspecified atom stereocenters. The first-order valence-corrected chi connectivity index (χ1v) is 13.1. The minimum Gasteiger partial charge on any atom is -0.493 e. The van der Waals surface area contributed by atoms with Crippen LogP contribution < -0.4 is 10.5 Å². The molecule has 0 spiro atoms. The third-order valence-electron chi connectivity index (χ3n) is 7.27. The molecule has 2 aromatic carbocycles. The molecule has 8 heteroatoms. The lowest BCUT2D eigenvalue weighted by Gasteiger charge is -2.34. The Morgan fingerprint density at radius 3 is 2.35 bits per heavy atom. The molecule has 0 aromatic heterocycles. The van der Waals surface area contributed by atoms with Crippen LogP contribution in [0.15, 0.2) is 42.5 Å². The van der Waals surface area contributed by atoms with E-state index in [1.54, 1.807) is 55.1 Å². The van der Waals surface area contributed by atoms with Gasteiger partial charge < -0.3 is 20.3 Å². The number of likely N-dealkylation sites (tertiary alicyclic amines) is 2. The van der Waals surface area contributed by atoms with E-state index in [1.165, 1.54) is 6.07 Å². The molecule has 0 radical (unpaired) electrons. The van der Waals surface area contributed by atoms with E-state index in [9.17, 15) is 18.4 Å². The first-order chi connectivity index (χ1) is 17.6. The summed E-state index contributed by atoms with van der Waals surface area (Å²) in [6, 6.07) is 11.0. The molecule has 4 rings (SSSR count). The van der Waals surface area contributed by atoms with E-state index in [-0.39, 0.29) is 5.91 Å². The van der Waals surface area contributed by atoms with Crippen molar-refractivity contribution in [3.8, 4) is 16.9 Å². The van der Waals surface area contributed by atoms with Crippen LogP contribution in [-0.4, -0.2) is 66.1 Å². The van der Waals surface area contributed by atoms with Crippen LogP contribution >= 0.6 is 0 Å². The molecule has 1 atom stereocenters. The van der Waals surface area contributed by atoms with Crippen LogP contribution in [-0.2, 0) is 4.79 Å². The SMILES string of the molecule is CC(C)(F)CN1CCC(COc2ccc(-c3ccc(C(=O)N4CCCC[C@@H]4C(N)=O)cc3)c(F)c2)CC1. The number of nitrogens with two attached hydrogens (primary N) is 1. The molecule has 200 valence electrons. The van der Waals surface area contributed by atoms with Gasteiger partial charge in [-0.2, -0.15) is 0 Å². The lowest BCUT2D eigenvalue weighted by atomic mass is 9.96. The molecule has 0 bridgehead atoms. The van der Waals surface area contributed by atoms with Crippen LogP contribution in [0.3, 0.4) is 0 Å². The Bertz CT molecular complexity index is 1090. The van der Waals surface area contributed by atoms with Crippen molar-refractivity contribution in [3.63, 3.8) is 0 Å². The molecule has 0 aliphatic carbocycles. The van der Waals surface area contributed by atoms with E-state index in [2.05, 4.69) is 4.90 Å². The number of amides is 2. The van der Waals surface area contributed by atoms with Crippen LogP contribution in [0.4, 0.5) is 8.78 Å². The van der Waals surface area contributed by atoms with Gasteiger partial charge in [-0.1, -0.05) is 12.1 Å². The van der Waals surface area contributed by atoms with Crippen molar-refractivity contribution in [2.75, 3.05) is 32.8 Å². The van der Waals surface area contributed by atoms with Crippen molar-refractivity contribution >= 4 is 11.8 Å². The minimum absolute atomic E-state index is 0.237. The third kappa shape index (κ3) is 7.06. The van der Waals surface area contributed by atoms with E-state index < -0.39 is 23.4 Å². The summed E-state index contributed by atoms with van der Waals surface area (Å²) in [6.07, 6.45) is 4.14. The first-order valence-electron chi connectivity index (χ1n) is 13.1. The number of carbonyl (C=O) groups is 2. The zero-order valence-corrected chi connectivity index (χ0v) is 21.7. The van der Waals surface area contributed by atoms with E-state index in [4.69, 9.17) is 10.5 Å². The van der Waals surface area contributed by atoms with E-state index in [1.807, 2.05) is 0 Å². The fourth-order valence-electron chi connectivity index (χ4n) is 5.31. The summed E-state index contributed by atoms with van der Waals surface area (Å²) in [5, 5.41) is 0. The maximum Gasteiger partial charge on any atom is 0.254 e. The maximum atomic E-state index is 15.0. The van der Waals surface area contributed by atoms with Gasteiger partial charge in [0.15, 0.2) is 0 Å². The Hall–Kier alpha value is -3.00. The van der Waals surface area contributed by atoms with Gasteiger partial charge in [-0.05, 0) is 94.8 Å². The summed E-state index contributed by atoms with van der Waals surface area (Å²) in [5.41, 5.74) is 5.81. The molecule has 2 fully saturated rings. The van der Waals surface area contributed by atoms with Crippen molar-refractivity contribution in [3.05, 3.63) is 53.8 Å². The quantitative estimate of drug-likeness (QED) is 0.550. The van der Waals surface area contributed by atoms with Gasteiger partial charge in [0, 0.05) is 30.3 Å². The zero-order valence-electron chi connectivity index (χ0n) is 21.7. The fourth-order valence-corrected chi connectivity index (χ4v) is 5.31. The summed E-state index contributed by atoms with van der Waals surface area (Å²) in [7, 11) is 0. The molecular formula is C29H37F2N3O3. The molecule has 2 heterocycles. The number of ether oxygens (including phenoxy) is 1. The molecule has 37 heavy (non-hydrogen) atoms. The number of rotatable bonds is 8. The summed E-state index contributed by atoms with van der Waals surface area (Å²) < 4.78 is 34.7. The topological polar surface area (TPSA) is 75.9 Å². The highest BCUT2D eigenvalue weighted by Crippen LogP contribution is 2.29. The number of primary amides is 1. The third-order valence-corrected chi connectivity index (χ3v) is 7.27. The van der Waals surface area contributed by atoms with Crippen LogP contribution in [0.1, 0.15) is 56.3 Å². The Morgan fingerprint density at radius 2 is 1.73 bits per heavy atom. The summed E-state index contributed by atoms with van der Waals surface area (Å²) in [6.45, 7) is 6.33. The van der Waals surface area contributed by atoms with Gasteiger partial charge in [-0.15, -0.1) is 0 Å². The van der Waals surface area contributed by atoms with Crippen molar-refractivity contribution in [1.82, 2.24) is 9.80 Å². The second-order valence-corrected chi connectivity index (χ2v) is 10.9. The number of halogens is 2. The van der Waals surface area contributed by atoms with Gasteiger partial charge >= 0.3 is 0 Å². The highest BCUT2D eigenvalue weighted by molar-refractivity contribution is 5.97. The molecule has 6 nitrogen and oxygen atoms in total. The molecule has 2 aliphatic heterocycles. The normalized spacial score (nSPS) is 19.6. The molecule has 2 N–H and O–H groups in total.